The number of fused-ring (bicyclic) bond motifs is 1. The minimum atomic E-state index is -0.813. The van der Waals surface area contributed by atoms with E-state index in [0.29, 0.717) is 17.8 Å². The lowest BCUT2D eigenvalue weighted by Crippen LogP contribution is -2.36. The second-order valence-corrected chi connectivity index (χ2v) is 9.20. The van der Waals surface area contributed by atoms with Gasteiger partial charge in [-0.15, -0.1) is 0 Å². The number of amides is 2. The molecule has 2 aromatic carbocycles. The molecular weight excluding hydrogens is 418 g/mol. The Labute approximate surface area is 195 Å². The van der Waals surface area contributed by atoms with Gasteiger partial charge < -0.3 is 10.2 Å². The molecule has 1 N–H and O–H groups in total. The van der Waals surface area contributed by atoms with Crippen molar-refractivity contribution in [2.24, 2.45) is 0 Å². The van der Waals surface area contributed by atoms with Crippen molar-refractivity contribution in [2.45, 2.75) is 71.1 Å². The van der Waals surface area contributed by atoms with E-state index in [2.05, 4.69) is 12.2 Å². The topological polar surface area (TPSA) is 92.6 Å². The zero-order chi connectivity index (χ0) is 24.2. The molecule has 0 fully saturated rings. The Balaban J connectivity index is 1.90. The van der Waals surface area contributed by atoms with Gasteiger partial charge in [0.1, 0.15) is 5.69 Å². The number of rotatable bonds is 10. The lowest BCUT2D eigenvalue weighted by atomic mass is 9.85. The first-order valence-electron chi connectivity index (χ1n) is 11.7. The lowest BCUT2D eigenvalue weighted by molar-refractivity contribution is -0.383. The number of hydrogen-bond donors (Lipinski definition) is 1. The number of nitrogens with one attached hydrogen (secondary N) is 1. The Hall–Kier alpha value is -3.22. The van der Waals surface area contributed by atoms with Crippen LogP contribution < -0.4 is 10.2 Å². The van der Waals surface area contributed by atoms with E-state index in [1.165, 1.54) is 6.07 Å². The maximum absolute atomic E-state index is 13.1. The standard InChI is InChI=1S/C26H33N3O4/c1-5-7-11-14-28-22-17-23(29(32)33)21(16-20(22)26(3,4)25(28)31)27-24(30)15-18(6-2)19-12-9-8-10-13-19/h8-10,12-13,16-18H,5-7,11,14-15H2,1-4H3,(H,27,30). The van der Waals surface area contributed by atoms with Crippen molar-refractivity contribution in [3.63, 3.8) is 0 Å². The molecule has 1 atom stereocenters. The molecule has 33 heavy (non-hydrogen) atoms. The summed E-state index contributed by atoms with van der Waals surface area (Å²) in [5, 5.41) is 14.6. The largest absolute Gasteiger partial charge is 0.320 e. The van der Waals surface area contributed by atoms with E-state index >= 15 is 0 Å². The summed E-state index contributed by atoms with van der Waals surface area (Å²) in [7, 11) is 0. The Morgan fingerprint density at radius 3 is 2.45 bits per heavy atom. The summed E-state index contributed by atoms with van der Waals surface area (Å²) < 4.78 is 0. The number of nitro groups is 1. The number of nitro benzene ring substituents is 1. The minimum Gasteiger partial charge on any atom is -0.320 e. The first-order chi connectivity index (χ1) is 15.7. The molecule has 0 saturated heterocycles. The molecule has 0 bridgehead atoms. The summed E-state index contributed by atoms with van der Waals surface area (Å²) in [5.74, 6) is -0.330. The first-order valence-corrected chi connectivity index (χ1v) is 11.7. The van der Waals surface area contributed by atoms with E-state index in [-0.39, 0.29) is 35.5 Å². The van der Waals surface area contributed by atoms with Gasteiger partial charge in [-0.2, -0.15) is 0 Å². The second-order valence-electron chi connectivity index (χ2n) is 9.20. The van der Waals surface area contributed by atoms with E-state index in [0.717, 1.165) is 31.2 Å². The van der Waals surface area contributed by atoms with Crippen LogP contribution >= 0.6 is 0 Å². The highest BCUT2D eigenvalue weighted by Crippen LogP contribution is 2.46. The summed E-state index contributed by atoms with van der Waals surface area (Å²) in [4.78, 5) is 39.0. The van der Waals surface area contributed by atoms with Crippen LogP contribution in [0.3, 0.4) is 0 Å². The van der Waals surface area contributed by atoms with Crippen LogP contribution in [-0.4, -0.2) is 23.3 Å². The molecule has 0 spiro atoms. The molecule has 1 heterocycles. The average molecular weight is 452 g/mol. The van der Waals surface area contributed by atoms with Crippen LogP contribution in [0.5, 0.6) is 0 Å². The van der Waals surface area contributed by atoms with Gasteiger partial charge in [0.2, 0.25) is 11.8 Å². The maximum Gasteiger partial charge on any atom is 0.294 e. The minimum absolute atomic E-state index is 0.0201. The Kier molecular flexibility index (Phi) is 7.51. The van der Waals surface area contributed by atoms with E-state index in [1.807, 2.05) is 51.1 Å². The fourth-order valence-corrected chi connectivity index (χ4v) is 4.50. The van der Waals surface area contributed by atoms with E-state index in [4.69, 9.17) is 0 Å². The quantitative estimate of drug-likeness (QED) is 0.275. The molecule has 0 saturated carbocycles. The molecule has 0 aliphatic carbocycles. The van der Waals surface area contributed by atoms with Crippen LogP contribution in [0, 0.1) is 10.1 Å². The van der Waals surface area contributed by atoms with Crippen molar-refractivity contribution >= 4 is 28.9 Å². The van der Waals surface area contributed by atoms with Crippen molar-refractivity contribution in [1.82, 2.24) is 0 Å². The molecule has 7 heteroatoms. The van der Waals surface area contributed by atoms with Crippen molar-refractivity contribution in [1.29, 1.82) is 0 Å². The molecule has 2 aromatic rings. The summed E-state index contributed by atoms with van der Waals surface area (Å²) in [6.07, 6.45) is 3.83. The highest BCUT2D eigenvalue weighted by atomic mass is 16.6. The molecule has 3 rings (SSSR count). The Bertz CT molecular complexity index is 1030. The number of hydrogen-bond acceptors (Lipinski definition) is 4. The molecule has 1 aliphatic heterocycles. The van der Waals surface area contributed by atoms with Crippen molar-refractivity contribution in [2.75, 3.05) is 16.8 Å². The van der Waals surface area contributed by atoms with Crippen LogP contribution in [0.1, 0.15) is 76.8 Å². The van der Waals surface area contributed by atoms with Gasteiger partial charge in [-0.05, 0) is 49.8 Å². The predicted molar refractivity (Wildman–Crippen MR) is 131 cm³/mol. The number of nitrogens with zero attached hydrogens (tertiary/aromatic N) is 2. The molecule has 0 radical (unpaired) electrons. The molecule has 1 unspecified atom stereocenters. The van der Waals surface area contributed by atoms with Gasteiger partial charge in [-0.25, -0.2) is 0 Å². The average Bonchev–Trinajstić information content (AvgIpc) is 2.97. The van der Waals surface area contributed by atoms with Crippen molar-refractivity contribution < 1.29 is 14.5 Å². The highest BCUT2D eigenvalue weighted by Gasteiger charge is 2.45. The summed E-state index contributed by atoms with van der Waals surface area (Å²) in [6, 6.07) is 12.8. The van der Waals surface area contributed by atoms with E-state index in [9.17, 15) is 19.7 Å². The number of anilines is 2. The summed E-state index contributed by atoms with van der Waals surface area (Å²) >= 11 is 0. The molecule has 176 valence electrons. The Morgan fingerprint density at radius 1 is 1.15 bits per heavy atom. The molecule has 2 amide bonds. The third kappa shape index (κ3) is 5.07. The van der Waals surface area contributed by atoms with Gasteiger partial charge in [0.15, 0.2) is 0 Å². The third-order valence-corrected chi connectivity index (χ3v) is 6.51. The summed E-state index contributed by atoms with van der Waals surface area (Å²) in [6.45, 7) is 8.29. The van der Waals surface area contributed by atoms with Gasteiger partial charge in [-0.1, -0.05) is 57.0 Å². The van der Waals surface area contributed by atoms with Gasteiger partial charge in [0.25, 0.3) is 5.69 Å². The Morgan fingerprint density at radius 2 is 1.85 bits per heavy atom. The molecular formula is C26H33N3O4. The predicted octanol–water partition coefficient (Wildman–Crippen LogP) is 5.93. The first kappa shape index (κ1) is 24.4. The molecule has 0 aromatic heterocycles. The lowest BCUT2D eigenvalue weighted by Gasteiger charge is -2.20. The monoisotopic (exact) mass is 451 g/mol. The van der Waals surface area contributed by atoms with Crippen molar-refractivity contribution in [3.8, 4) is 0 Å². The maximum atomic E-state index is 13.1. The van der Waals surface area contributed by atoms with Gasteiger partial charge in [0.05, 0.1) is 16.0 Å². The summed E-state index contributed by atoms with van der Waals surface area (Å²) in [5.41, 5.74) is 1.48. The SMILES string of the molecule is CCCCCN1C(=O)C(C)(C)c2cc(NC(=O)CC(CC)c3ccccc3)c([N+](=O)[O-])cc21. The van der Waals surface area contributed by atoms with Gasteiger partial charge in [0, 0.05) is 19.0 Å². The van der Waals surface area contributed by atoms with Crippen LogP contribution in [0.25, 0.3) is 0 Å². The highest BCUT2D eigenvalue weighted by molar-refractivity contribution is 6.09. The van der Waals surface area contributed by atoms with Crippen LogP contribution in [0.15, 0.2) is 42.5 Å². The fraction of sp³-hybridized carbons (Fsp3) is 0.462. The second kappa shape index (κ2) is 10.1. The number of benzene rings is 2. The van der Waals surface area contributed by atoms with Gasteiger partial charge >= 0.3 is 0 Å². The zero-order valence-corrected chi connectivity index (χ0v) is 19.9. The number of carbonyl (C=O) groups is 2. The van der Waals surface area contributed by atoms with Crippen molar-refractivity contribution in [3.05, 3.63) is 63.7 Å². The normalized spacial score (nSPS) is 15.3. The van der Waals surface area contributed by atoms with Crippen LogP contribution in [0.4, 0.5) is 17.1 Å². The number of unbranched alkanes of at least 4 members (excludes halogenated alkanes) is 2. The van der Waals surface area contributed by atoms with E-state index in [1.54, 1.807) is 11.0 Å². The van der Waals surface area contributed by atoms with E-state index < -0.39 is 10.3 Å². The number of carbonyl (C=O) groups excluding carboxylic acids is 2. The van der Waals surface area contributed by atoms with Gasteiger partial charge in [-0.3, -0.25) is 19.7 Å². The smallest absolute Gasteiger partial charge is 0.294 e. The third-order valence-electron chi connectivity index (χ3n) is 6.51. The van der Waals surface area contributed by atoms with Crippen LogP contribution in [-0.2, 0) is 15.0 Å². The molecule has 1 aliphatic rings. The van der Waals surface area contributed by atoms with Crippen LogP contribution in [0.2, 0.25) is 0 Å². The zero-order valence-electron chi connectivity index (χ0n) is 19.9. The fourth-order valence-electron chi connectivity index (χ4n) is 4.50. The molecule has 7 nitrogen and oxygen atoms in total.